The van der Waals surface area contributed by atoms with Crippen molar-refractivity contribution >= 4 is 86.6 Å². The first-order chi connectivity index (χ1) is 37.4. The van der Waals surface area contributed by atoms with Crippen molar-refractivity contribution in [1.82, 2.24) is 19.5 Å². The van der Waals surface area contributed by atoms with E-state index in [9.17, 15) is 0 Å². The van der Waals surface area contributed by atoms with Crippen molar-refractivity contribution < 1.29 is 0 Å². The van der Waals surface area contributed by atoms with Gasteiger partial charge in [-0.3, -0.25) is 0 Å². The monoisotopic (exact) mass is 1010 g/mol. The molecule has 0 bridgehead atoms. The number of rotatable bonds is 6. The summed E-state index contributed by atoms with van der Waals surface area (Å²) in [5.74, 6) is 2.37. The fourth-order valence-corrected chi connectivity index (χ4v) is 16.0. The molecule has 11 aromatic carbocycles. The molecule has 2 atom stereocenters. The van der Waals surface area contributed by atoms with Crippen LogP contribution in [-0.4, -0.2) is 19.5 Å². The van der Waals surface area contributed by atoms with Gasteiger partial charge in [-0.25, -0.2) is 15.0 Å². The average Bonchev–Trinajstić information content (AvgIpc) is 4.27. The van der Waals surface area contributed by atoms with Gasteiger partial charge in [-0.05, 0) is 108 Å². The third kappa shape index (κ3) is 6.47. The average molecular weight is 1010 g/mol. The quantitative estimate of drug-likeness (QED) is 0.166. The van der Waals surface area contributed by atoms with E-state index in [0.717, 1.165) is 27.8 Å². The van der Waals surface area contributed by atoms with E-state index < -0.39 is 0 Å². The predicted molar refractivity (Wildman–Crippen MR) is 320 cm³/mol. The van der Waals surface area contributed by atoms with Crippen LogP contribution in [0, 0.1) is 0 Å². The highest BCUT2D eigenvalue weighted by molar-refractivity contribution is 8.00. The summed E-state index contributed by atoms with van der Waals surface area (Å²) < 4.78 is 4.92. The first kappa shape index (κ1) is 43.7. The topological polar surface area (TPSA) is 43.6 Å². The minimum atomic E-state index is -0.00633. The van der Waals surface area contributed by atoms with Gasteiger partial charge in [0.05, 0.1) is 11.0 Å². The zero-order valence-corrected chi connectivity index (χ0v) is 43.3. The van der Waals surface area contributed by atoms with Crippen molar-refractivity contribution in [2.45, 2.75) is 35.3 Å². The lowest BCUT2D eigenvalue weighted by Gasteiger charge is -2.28. The van der Waals surface area contributed by atoms with Crippen molar-refractivity contribution in [3.05, 3.63) is 247 Å². The number of fused-ring (bicyclic) bond motifs is 15. The number of thiophene rings is 1. The SMILES string of the molecule is CC1(C)c2ccccc2C2Sc3ccc(-c4nc(-c5ccccc5)nc(-c5cccc6sc7cc(-n8c9cc(-c%10ccccc%10)c%10ccccc%10c9c9c%10ccccc%10c(-c%10ccccc%10)cc98)ccc7c56)n4)cc3C21. The van der Waals surface area contributed by atoms with E-state index in [1.54, 1.807) is 0 Å². The summed E-state index contributed by atoms with van der Waals surface area (Å²) in [6.07, 6.45) is 0. The highest BCUT2D eigenvalue weighted by atomic mass is 32.2. The van der Waals surface area contributed by atoms with E-state index in [-0.39, 0.29) is 5.41 Å². The highest BCUT2D eigenvalue weighted by Gasteiger charge is 2.51. The molecule has 4 nitrogen and oxygen atoms in total. The summed E-state index contributed by atoms with van der Waals surface area (Å²) in [5, 5.41) is 10.2. The van der Waals surface area contributed by atoms with Crippen LogP contribution in [-0.2, 0) is 5.41 Å². The van der Waals surface area contributed by atoms with Gasteiger partial charge in [-0.2, -0.15) is 0 Å². The lowest BCUT2D eigenvalue weighted by Crippen LogP contribution is -2.21. The minimum Gasteiger partial charge on any atom is -0.309 e. The molecule has 3 aromatic heterocycles. The van der Waals surface area contributed by atoms with Gasteiger partial charge < -0.3 is 4.57 Å². The molecule has 0 saturated carbocycles. The first-order valence-electron chi connectivity index (χ1n) is 26.1. The molecule has 0 amide bonds. The van der Waals surface area contributed by atoms with E-state index in [1.807, 2.05) is 29.2 Å². The van der Waals surface area contributed by atoms with Crippen molar-refractivity contribution in [3.63, 3.8) is 0 Å². The van der Waals surface area contributed by atoms with E-state index in [2.05, 4.69) is 243 Å². The maximum Gasteiger partial charge on any atom is 0.164 e. The maximum absolute atomic E-state index is 5.44. The van der Waals surface area contributed by atoms with Gasteiger partial charge >= 0.3 is 0 Å². The van der Waals surface area contributed by atoms with Crippen LogP contribution in [0.4, 0.5) is 0 Å². The van der Waals surface area contributed by atoms with Gasteiger partial charge in [-0.1, -0.05) is 202 Å². The molecule has 0 saturated heterocycles. The van der Waals surface area contributed by atoms with Crippen LogP contribution in [0.2, 0.25) is 0 Å². The molecule has 0 N–H and O–H groups in total. The second-order valence-corrected chi connectivity index (χ2v) is 23.3. The predicted octanol–water partition coefficient (Wildman–Crippen LogP) is 19.2. The van der Waals surface area contributed by atoms with E-state index >= 15 is 0 Å². The van der Waals surface area contributed by atoms with Crippen LogP contribution in [0.5, 0.6) is 0 Å². The smallest absolute Gasteiger partial charge is 0.164 e. The minimum absolute atomic E-state index is 0.00633. The number of aromatic nitrogens is 4. The fraction of sp³-hybridized carbons (Fsp3) is 0.0714. The van der Waals surface area contributed by atoms with Crippen LogP contribution < -0.4 is 0 Å². The normalized spacial score (nSPS) is 15.6. The van der Waals surface area contributed by atoms with Crippen LogP contribution >= 0.6 is 23.1 Å². The van der Waals surface area contributed by atoms with Gasteiger partial charge in [-0.15, -0.1) is 23.1 Å². The van der Waals surface area contributed by atoms with Crippen LogP contribution in [0.15, 0.2) is 235 Å². The van der Waals surface area contributed by atoms with Crippen LogP contribution in [0.25, 0.3) is 126 Å². The van der Waals surface area contributed by atoms with E-state index in [1.165, 1.54) is 102 Å². The molecule has 2 unspecified atom stereocenters. The Labute approximate surface area is 448 Å². The number of nitrogens with zero attached hydrogens (tertiary/aromatic N) is 4. The number of thioether (sulfide) groups is 1. The molecule has 16 rings (SSSR count). The summed E-state index contributed by atoms with van der Waals surface area (Å²) in [6.45, 7) is 4.83. The summed E-state index contributed by atoms with van der Waals surface area (Å²) >= 11 is 3.84. The number of hydrogen-bond acceptors (Lipinski definition) is 5. The Morgan fingerprint density at radius 3 is 1.62 bits per heavy atom. The van der Waals surface area contributed by atoms with Gasteiger partial charge in [0.1, 0.15) is 0 Å². The van der Waals surface area contributed by atoms with Crippen molar-refractivity contribution in [2.75, 3.05) is 0 Å². The lowest BCUT2D eigenvalue weighted by atomic mass is 9.75. The number of hydrogen-bond donors (Lipinski definition) is 0. The second kappa shape index (κ2) is 16.7. The molecule has 0 fully saturated rings. The molecule has 4 heterocycles. The Hall–Kier alpha value is -8.68. The lowest BCUT2D eigenvalue weighted by molar-refractivity contribution is 0.446. The van der Waals surface area contributed by atoms with Crippen molar-refractivity contribution in [3.8, 4) is 62.1 Å². The fourth-order valence-electron chi connectivity index (χ4n) is 13.1. The molecule has 6 heteroatoms. The van der Waals surface area contributed by atoms with Crippen molar-refractivity contribution in [1.29, 1.82) is 0 Å². The Kier molecular flexibility index (Phi) is 9.58. The summed E-state index contributed by atoms with van der Waals surface area (Å²) in [5.41, 5.74) is 15.6. The largest absolute Gasteiger partial charge is 0.309 e. The second-order valence-electron chi connectivity index (χ2n) is 21.0. The van der Waals surface area contributed by atoms with Gasteiger partial charge in [0.25, 0.3) is 0 Å². The van der Waals surface area contributed by atoms with E-state index in [0.29, 0.717) is 28.6 Å². The molecule has 0 spiro atoms. The summed E-state index contributed by atoms with van der Waals surface area (Å²) in [6, 6.07) is 84.5. The Bertz CT molecular complexity index is 4570. The van der Waals surface area contributed by atoms with Crippen LogP contribution in [0.3, 0.4) is 0 Å². The molecule has 2 aliphatic rings. The molecule has 0 radical (unpaired) electrons. The third-order valence-corrected chi connectivity index (χ3v) is 19.0. The van der Waals surface area contributed by atoms with Gasteiger partial charge in [0.15, 0.2) is 17.5 Å². The first-order valence-corrected chi connectivity index (χ1v) is 27.8. The molecule has 14 aromatic rings. The molecular formula is C70H46N4S2. The Balaban J connectivity index is 0.907. The van der Waals surface area contributed by atoms with Gasteiger partial charge in [0.2, 0.25) is 0 Å². The molecule has 1 aliphatic carbocycles. The van der Waals surface area contributed by atoms with Crippen molar-refractivity contribution in [2.24, 2.45) is 0 Å². The number of benzene rings is 11. The molecule has 1 aliphatic heterocycles. The Morgan fingerprint density at radius 2 is 0.961 bits per heavy atom. The molecule has 76 heavy (non-hydrogen) atoms. The molecular weight excluding hydrogens is 961 g/mol. The summed E-state index contributed by atoms with van der Waals surface area (Å²) in [7, 11) is 0. The Morgan fingerprint density at radius 1 is 0.395 bits per heavy atom. The van der Waals surface area contributed by atoms with Gasteiger partial charge in [0, 0.05) is 69.4 Å². The third-order valence-electron chi connectivity index (χ3n) is 16.5. The summed E-state index contributed by atoms with van der Waals surface area (Å²) in [4.78, 5) is 17.4. The standard InChI is InChI=1S/C70H46N4S2/c1-70(2)56-31-17-16-29-50(56)66-65(70)55-37-44(33-36-59(55)76-66)68-71-67(43-23-10-5-11-24-43)72-69(73-68)52-30-18-32-60-62(52)51-35-34-45(38-61(51)75-60)74-57-39-53(41-19-6-3-7-20-41)46-25-12-14-27-48(46)63(57)64-49-28-15-13-26-47(49)54(40-58(64)74)42-21-8-4-9-22-42/h3-40,65-66H,1-2H3. The zero-order valence-electron chi connectivity index (χ0n) is 41.7. The maximum atomic E-state index is 5.44. The highest BCUT2D eigenvalue weighted by Crippen LogP contribution is 2.67. The van der Waals surface area contributed by atoms with E-state index in [4.69, 9.17) is 15.0 Å². The van der Waals surface area contributed by atoms with Crippen LogP contribution in [0.1, 0.15) is 41.7 Å². The molecule has 358 valence electrons. The zero-order chi connectivity index (χ0) is 50.2.